The van der Waals surface area contributed by atoms with Crippen molar-refractivity contribution in [1.82, 2.24) is 14.7 Å². The lowest BCUT2D eigenvalue weighted by atomic mass is 10.00. The van der Waals surface area contributed by atoms with Gasteiger partial charge in [0, 0.05) is 42.3 Å². The average Bonchev–Trinajstić information content (AvgIpc) is 2.66. The minimum absolute atomic E-state index is 0.0234. The van der Waals surface area contributed by atoms with E-state index in [4.69, 9.17) is 5.73 Å². The number of carbonyl (C=O) groups is 1. The molecule has 3 rings (SSSR count). The molecule has 2 amide bonds. The second kappa shape index (κ2) is 7.61. The maximum Gasteiger partial charge on any atom is 0.320 e. The third kappa shape index (κ3) is 4.25. The largest absolute Gasteiger partial charge is 0.351 e. The van der Waals surface area contributed by atoms with Crippen LogP contribution in [0.5, 0.6) is 0 Å². The number of aryl methyl sites for hydroxylation is 1. The van der Waals surface area contributed by atoms with Gasteiger partial charge in [-0.3, -0.25) is 9.88 Å². The molecule has 8 nitrogen and oxygen atoms in total. The van der Waals surface area contributed by atoms with Crippen molar-refractivity contribution in [3.8, 4) is 11.1 Å². The predicted octanol–water partition coefficient (Wildman–Crippen LogP) is 1.98. The van der Waals surface area contributed by atoms with Gasteiger partial charge in [0.2, 0.25) is 10.0 Å². The van der Waals surface area contributed by atoms with Gasteiger partial charge in [-0.1, -0.05) is 0 Å². The topological polar surface area (TPSA) is 118 Å². The number of rotatable bonds is 5. The van der Waals surface area contributed by atoms with E-state index in [-0.39, 0.29) is 5.75 Å². The van der Waals surface area contributed by atoms with Crippen LogP contribution < -0.4 is 15.4 Å². The molecule has 1 aliphatic heterocycles. The first-order valence-electron chi connectivity index (χ1n) is 8.82. The zero-order chi connectivity index (χ0) is 19.6. The molecule has 2 aromatic rings. The standard InChI is InChI=1S/C18H23N5O3S/c1-3-27(25,26)22-12(2)14-8-15(10-20-9-14)16-7-13-5-4-6-23(18(19)24)17(13)21-11-16/h7-12,22H,3-6H2,1-2H3,(H2,19,24)/t12-/m0/s1. The molecule has 0 unspecified atom stereocenters. The van der Waals surface area contributed by atoms with Gasteiger partial charge >= 0.3 is 6.03 Å². The number of hydrogen-bond acceptors (Lipinski definition) is 5. The van der Waals surface area contributed by atoms with Crippen LogP contribution in [0.25, 0.3) is 11.1 Å². The molecule has 0 aromatic carbocycles. The van der Waals surface area contributed by atoms with E-state index in [9.17, 15) is 13.2 Å². The van der Waals surface area contributed by atoms with Gasteiger partial charge in [0.25, 0.3) is 0 Å². The molecule has 0 bridgehead atoms. The summed E-state index contributed by atoms with van der Waals surface area (Å²) in [4.78, 5) is 21.7. The highest BCUT2D eigenvalue weighted by Crippen LogP contribution is 2.30. The molecule has 0 saturated heterocycles. The smallest absolute Gasteiger partial charge is 0.320 e. The van der Waals surface area contributed by atoms with Crippen LogP contribution in [0.1, 0.15) is 37.4 Å². The van der Waals surface area contributed by atoms with Crippen LogP contribution in [0.4, 0.5) is 10.6 Å². The number of amides is 2. The molecule has 9 heteroatoms. The molecule has 0 spiro atoms. The number of urea groups is 1. The Labute approximate surface area is 158 Å². The van der Waals surface area contributed by atoms with Crippen LogP contribution in [0, 0.1) is 0 Å². The lowest BCUT2D eigenvalue weighted by molar-refractivity contribution is 0.253. The SMILES string of the molecule is CCS(=O)(=O)N[C@@H](C)c1cncc(-c2cnc3c(c2)CCCN3C(N)=O)c1. The van der Waals surface area contributed by atoms with Crippen LogP contribution in [-0.2, 0) is 16.4 Å². The van der Waals surface area contributed by atoms with Crippen LogP contribution >= 0.6 is 0 Å². The van der Waals surface area contributed by atoms with Crippen LogP contribution in [0.3, 0.4) is 0 Å². The Morgan fingerprint density at radius 3 is 2.74 bits per heavy atom. The number of fused-ring (bicyclic) bond motifs is 1. The van der Waals surface area contributed by atoms with Gasteiger partial charge in [0.1, 0.15) is 5.82 Å². The molecule has 27 heavy (non-hydrogen) atoms. The number of nitrogens with two attached hydrogens (primary N) is 1. The number of carbonyl (C=O) groups excluding carboxylic acids is 1. The molecule has 3 heterocycles. The number of aromatic nitrogens is 2. The number of anilines is 1. The van der Waals surface area contributed by atoms with Crippen molar-refractivity contribution in [3.63, 3.8) is 0 Å². The van der Waals surface area contributed by atoms with E-state index >= 15 is 0 Å². The van der Waals surface area contributed by atoms with Gasteiger partial charge in [0.15, 0.2) is 0 Å². The summed E-state index contributed by atoms with van der Waals surface area (Å²) in [5, 5.41) is 0. The van der Waals surface area contributed by atoms with E-state index in [0.717, 1.165) is 35.1 Å². The second-order valence-corrected chi connectivity index (χ2v) is 8.59. The Hall–Kier alpha value is -2.52. The highest BCUT2D eigenvalue weighted by Gasteiger charge is 2.22. The lowest BCUT2D eigenvalue weighted by Crippen LogP contribution is -2.40. The number of hydrogen-bond donors (Lipinski definition) is 2. The second-order valence-electron chi connectivity index (χ2n) is 6.55. The normalized spacial score (nSPS) is 15.3. The Morgan fingerprint density at radius 2 is 2.04 bits per heavy atom. The first-order chi connectivity index (χ1) is 12.8. The van der Waals surface area contributed by atoms with Gasteiger partial charge in [-0.2, -0.15) is 0 Å². The van der Waals surface area contributed by atoms with Gasteiger partial charge < -0.3 is 5.73 Å². The number of primary amides is 1. The van der Waals surface area contributed by atoms with Crippen molar-refractivity contribution in [2.75, 3.05) is 17.2 Å². The third-order valence-corrected chi connectivity index (χ3v) is 6.09. The van der Waals surface area contributed by atoms with Crippen LogP contribution in [0.15, 0.2) is 30.7 Å². The molecule has 144 valence electrons. The summed E-state index contributed by atoms with van der Waals surface area (Å²) in [5.41, 5.74) is 8.85. The van der Waals surface area contributed by atoms with Crippen molar-refractivity contribution < 1.29 is 13.2 Å². The fraction of sp³-hybridized carbons (Fsp3) is 0.389. The Kier molecular flexibility index (Phi) is 5.43. The molecule has 0 saturated carbocycles. The molecule has 0 aliphatic carbocycles. The molecule has 1 aliphatic rings. The first kappa shape index (κ1) is 19.2. The van der Waals surface area contributed by atoms with E-state index in [1.54, 1.807) is 32.4 Å². The first-order valence-corrected chi connectivity index (χ1v) is 10.5. The maximum absolute atomic E-state index is 11.8. The molecular weight excluding hydrogens is 366 g/mol. The van der Waals surface area contributed by atoms with Crippen molar-refractivity contribution in [2.45, 2.75) is 32.7 Å². The number of nitrogens with zero attached hydrogens (tertiary/aromatic N) is 3. The molecule has 0 radical (unpaired) electrons. The van der Waals surface area contributed by atoms with E-state index < -0.39 is 22.1 Å². The Morgan fingerprint density at radius 1 is 1.30 bits per heavy atom. The van der Waals surface area contributed by atoms with E-state index in [0.29, 0.717) is 12.4 Å². The summed E-state index contributed by atoms with van der Waals surface area (Å²) in [6.07, 6.45) is 6.69. The molecule has 3 N–H and O–H groups in total. The summed E-state index contributed by atoms with van der Waals surface area (Å²) in [6.45, 7) is 3.95. The van der Waals surface area contributed by atoms with E-state index in [2.05, 4.69) is 14.7 Å². The third-order valence-electron chi connectivity index (χ3n) is 4.62. The minimum Gasteiger partial charge on any atom is -0.351 e. The van der Waals surface area contributed by atoms with Crippen LogP contribution in [0.2, 0.25) is 0 Å². The highest BCUT2D eigenvalue weighted by molar-refractivity contribution is 7.89. The van der Waals surface area contributed by atoms with Gasteiger partial charge in [-0.05, 0) is 49.9 Å². The van der Waals surface area contributed by atoms with Gasteiger partial charge in [-0.25, -0.2) is 22.9 Å². The Balaban J connectivity index is 1.91. The van der Waals surface area contributed by atoms with E-state index in [1.807, 2.05) is 12.1 Å². The molecule has 0 fully saturated rings. The summed E-state index contributed by atoms with van der Waals surface area (Å²) in [5.74, 6) is 0.626. The molecular formula is C18H23N5O3S. The number of nitrogens with one attached hydrogen (secondary N) is 1. The Bertz CT molecular complexity index is 961. The maximum atomic E-state index is 11.8. The van der Waals surface area contributed by atoms with Crippen LogP contribution in [-0.4, -0.2) is 36.7 Å². The minimum atomic E-state index is -3.31. The average molecular weight is 389 g/mol. The highest BCUT2D eigenvalue weighted by atomic mass is 32.2. The quantitative estimate of drug-likeness (QED) is 0.810. The summed E-state index contributed by atoms with van der Waals surface area (Å²) in [7, 11) is -3.31. The summed E-state index contributed by atoms with van der Waals surface area (Å²) < 4.78 is 26.2. The monoisotopic (exact) mass is 389 g/mol. The molecule has 2 aromatic heterocycles. The van der Waals surface area contributed by atoms with Crippen molar-refractivity contribution in [1.29, 1.82) is 0 Å². The predicted molar refractivity (Wildman–Crippen MR) is 104 cm³/mol. The number of sulfonamides is 1. The van der Waals surface area contributed by atoms with Crippen molar-refractivity contribution >= 4 is 21.9 Å². The van der Waals surface area contributed by atoms with Crippen molar-refractivity contribution in [3.05, 3.63) is 41.9 Å². The molecule has 1 atom stereocenters. The zero-order valence-electron chi connectivity index (χ0n) is 15.3. The summed E-state index contributed by atoms with van der Waals surface area (Å²) >= 11 is 0. The van der Waals surface area contributed by atoms with E-state index in [1.165, 1.54) is 4.90 Å². The summed E-state index contributed by atoms with van der Waals surface area (Å²) in [6, 6.07) is 2.99. The van der Waals surface area contributed by atoms with Crippen molar-refractivity contribution in [2.24, 2.45) is 5.73 Å². The van der Waals surface area contributed by atoms with Gasteiger partial charge in [-0.15, -0.1) is 0 Å². The fourth-order valence-electron chi connectivity index (χ4n) is 3.11. The number of pyridine rings is 2. The van der Waals surface area contributed by atoms with Gasteiger partial charge in [0.05, 0.1) is 5.75 Å². The zero-order valence-corrected chi connectivity index (χ0v) is 16.2. The lowest BCUT2D eigenvalue weighted by Gasteiger charge is -2.27. The fourth-order valence-corrected chi connectivity index (χ4v) is 3.95.